The molecule has 8 aromatic rings. The lowest BCUT2D eigenvalue weighted by molar-refractivity contribution is -0.138. The van der Waals surface area contributed by atoms with Gasteiger partial charge in [-0.3, -0.25) is 33.1 Å². The molecule has 36 nitrogen and oxygen atoms in total. The number of carboxylic acids is 5. The van der Waals surface area contributed by atoms with Crippen molar-refractivity contribution in [2.45, 2.75) is 88.4 Å². The average Bonchev–Trinajstić information content (AvgIpc) is 1.68. The van der Waals surface area contributed by atoms with Crippen LogP contribution in [0, 0.1) is 28.5 Å². The summed E-state index contributed by atoms with van der Waals surface area (Å²) in [4.78, 5) is 105. The van der Waals surface area contributed by atoms with Crippen LogP contribution in [0.4, 0.5) is 4.39 Å². The number of allylic oxidation sites excluding steroid dienone is 1. The Kier molecular flexibility index (Phi) is 40.0. The topological polar surface area (TPSA) is 540 Å². The van der Waals surface area contributed by atoms with Crippen molar-refractivity contribution in [3.63, 3.8) is 0 Å². The van der Waals surface area contributed by atoms with E-state index >= 15 is 0 Å². The van der Waals surface area contributed by atoms with Gasteiger partial charge in [0.25, 0.3) is 0 Å². The molecule has 0 amide bonds. The Morgan fingerprint density at radius 2 is 0.672 bits per heavy atom. The number of carbonyl (C=O) groups is 5. The van der Waals surface area contributed by atoms with Crippen LogP contribution in [0.1, 0.15) is 130 Å². The molecule has 4 aliphatic carbocycles. The normalized spacial score (nSPS) is 13.1. The monoisotopic (exact) mass is 1760 g/mol. The molecule has 0 saturated heterocycles. The van der Waals surface area contributed by atoms with Gasteiger partial charge in [-0.2, -0.15) is 18.9 Å². The van der Waals surface area contributed by atoms with Gasteiger partial charge < -0.3 is 102 Å². The predicted octanol–water partition coefficient (Wildman–Crippen LogP) is 9.52. The molecule has 0 atom stereocenters. The fourth-order valence-corrected chi connectivity index (χ4v) is 11.7. The van der Waals surface area contributed by atoms with Gasteiger partial charge in [-0.05, 0) is 99.9 Å². The molecule has 4 heterocycles. The molecule has 4 fully saturated rings. The summed E-state index contributed by atoms with van der Waals surface area (Å²) in [6, 6.07) is 16.1. The summed E-state index contributed by atoms with van der Waals surface area (Å²) >= 11 is 24.6. The molecule has 119 heavy (non-hydrogen) atoms. The zero-order valence-electron chi connectivity index (χ0n) is 63.4. The molecule has 4 aliphatic rings. The molecule has 0 aliphatic heterocycles. The number of benzene rings is 4. The Labute approximate surface area is 696 Å². The van der Waals surface area contributed by atoms with Gasteiger partial charge in [0.1, 0.15) is 65.1 Å². The number of carboxylic acid groups (broad SMARTS) is 5. The summed E-state index contributed by atoms with van der Waals surface area (Å²) in [6.45, 7) is 7.10. The number of hydrogen-bond donors (Lipinski definition) is 10. The van der Waals surface area contributed by atoms with Gasteiger partial charge in [0.2, 0.25) is 21.7 Å². The number of aromatic nitrogens is 4. The highest BCUT2D eigenvalue weighted by atomic mass is 35.5. The Morgan fingerprint density at radius 1 is 0.429 bits per heavy atom. The third-order valence-corrected chi connectivity index (χ3v) is 18.0. The predicted molar refractivity (Wildman–Crippen MR) is 429 cm³/mol. The van der Waals surface area contributed by atoms with E-state index in [1.807, 2.05) is 10.6 Å². The highest BCUT2D eigenvalue weighted by molar-refractivity contribution is 7.79. The quantitative estimate of drug-likeness (QED) is 0.00983. The standard InChI is InChI=1S/C20H21ClN2O6.C20H22ClNO8.C17H18ClNO6.C13H9ClFNO3.C4H10O3.C3H3N.H2O4S/c21-16-11-17-14(19(24)15(20(25)26)12-23(17)13-2-3-13)10-18(16)29-9-8-28-7-6-27-5-1-4-22;21-15-10-16-13(19(25)14(20(26)27)11-22(16)12-1-2-12)9-17(15)30-8-7-29-6-5-28-4-3-18(23)24;18-13-8-14-11(7-15(13)25-6-5-24-4-3-20)16(21)12(17(22)23)9-19(14)10-1-2-10;14-9-4-11-7(3-10(9)15)12(17)8(13(18)19)5-16(11)6-1-2-6;5-1-3-7-4-2-6;1-2-3-4;1-5(2,3)4/h10-13H,1-3,5-9H2,(H,25,26);9-12H,1-8H2,(H,23,24)(H,26,27);7-10,20H,1-6H2,(H,22,23);3-6H,1-2H2,(H,18,19);5-6H,1-4H2;2H,1H2;(H2,1,2,3,4). The average molecular weight is 1770 g/mol. The smallest absolute Gasteiger partial charge is 0.394 e. The summed E-state index contributed by atoms with van der Waals surface area (Å²) in [5.74, 6) is -5.87. The molecule has 644 valence electrons. The van der Waals surface area contributed by atoms with Crippen molar-refractivity contribution < 1.29 is 129 Å². The number of hydrogen-bond acceptors (Lipinski definition) is 25. The van der Waals surface area contributed by atoms with Crippen molar-refractivity contribution in [1.82, 2.24) is 18.3 Å². The first-order chi connectivity index (χ1) is 56.7. The van der Waals surface area contributed by atoms with E-state index in [1.165, 1.54) is 55.1 Å². The minimum absolute atomic E-state index is 0.0278. The zero-order chi connectivity index (χ0) is 87.6. The first-order valence-corrected chi connectivity index (χ1v) is 39.2. The molecule has 4 saturated carbocycles. The fourth-order valence-electron chi connectivity index (χ4n) is 10.9. The van der Waals surface area contributed by atoms with E-state index in [0.717, 1.165) is 57.4 Å². The minimum Gasteiger partial charge on any atom is -0.490 e. The van der Waals surface area contributed by atoms with E-state index in [-0.39, 0.29) is 171 Å². The summed E-state index contributed by atoms with van der Waals surface area (Å²) in [6.07, 6.45) is 14.4. The van der Waals surface area contributed by atoms with Crippen LogP contribution in [0.25, 0.3) is 43.6 Å². The number of halogens is 5. The van der Waals surface area contributed by atoms with E-state index in [0.29, 0.717) is 88.1 Å². The number of nitriles is 2. The maximum atomic E-state index is 13.5. The number of aliphatic hydroxyl groups excluding tert-OH is 3. The van der Waals surface area contributed by atoms with Gasteiger partial charge in [-0.1, -0.05) is 53.0 Å². The first-order valence-electron chi connectivity index (χ1n) is 36.3. The van der Waals surface area contributed by atoms with E-state index in [9.17, 15) is 62.9 Å². The molecular weight excluding hydrogens is 1680 g/mol. The fraction of sp³-hybridized carbons (Fsp3) is 0.416. The Balaban J connectivity index is 0.000000233. The van der Waals surface area contributed by atoms with Crippen LogP contribution in [0.15, 0.2) is 105 Å². The molecule has 0 spiro atoms. The number of ether oxygens (including phenoxy) is 9. The van der Waals surface area contributed by atoms with Gasteiger partial charge in [0.05, 0.1) is 182 Å². The van der Waals surface area contributed by atoms with Crippen LogP contribution in [-0.2, 0) is 43.6 Å². The summed E-state index contributed by atoms with van der Waals surface area (Å²) in [5.41, 5.74) is -1.28. The van der Waals surface area contributed by atoms with E-state index < -0.39 is 67.8 Å². The van der Waals surface area contributed by atoms with Crippen molar-refractivity contribution >= 4 is 130 Å². The molecule has 10 N–H and O–H groups in total. The maximum absolute atomic E-state index is 13.5. The summed E-state index contributed by atoms with van der Waals surface area (Å²) < 4.78 is 99.7. The number of nitrogens with zero attached hydrogens (tertiary/aromatic N) is 6. The van der Waals surface area contributed by atoms with Gasteiger partial charge >= 0.3 is 40.2 Å². The molecule has 0 radical (unpaired) electrons. The van der Waals surface area contributed by atoms with Gasteiger partial charge in [0.15, 0.2) is 0 Å². The van der Waals surface area contributed by atoms with Crippen molar-refractivity contribution in [2.75, 3.05) is 119 Å². The second-order valence-corrected chi connectivity index (χ2v) is 28.2. The van der Waals surface area contributed by atoms with Crippen molar-refractivity contribution in [2.24, 2.45) is 0 Å². The minimum atomic E-state index is -4.67. The van der Waals surface area contributed by atoms with Crippen LogP contribution >= 0.6 is 46.4 Å². The zero-order valence-corrected chi connectivity index (χ0v) is 67.3. The molecule has 12 rings (SSSR count). The van der Waals surface area contributed by atoms with Crippen molar-refractivity contribution in [3.05, 3.63) is 175 Å². The first kappa shape index (κ1) is 97.6. The van der Waals surface area contributed by atoms with Crippen molar-refractivity contribution in [1.29, 1.82) is 10.5 Å². The molecule has 4 aromatic heterocycles. The third kappa shape index (κ3) is 31.2. The van der Waals surface area contributed by atoms with Crippen molar-refractivity contribution in [3.8, 4) is 29.4 Å². The number of rotatable bonds is 37. The van der Waals surface area contributed by atoms with Gasteiger partial charge in [-0.15, -0.1) is 0 Å². The SMILES string of the molecule is C=CC#N.N#CCCOCCOCCOc1cc2c(=O)c(C(=O)O)cn(C3CC3)c2cc1Cl.O=C(O)CCOCCOCCOc1cc2c(=O)c(C(=O)O)cn(C3CC3)c2cc1Cl.O=C(O)c1cn(C2CC2)c2cc(Cl)c(F)cc2c1=O.O=C(O)c1cn(C2CC2)c2cc(Cl)c(OCCOCCO)cc2c1=O.O=S(=O)(O)O.OCCOCCO. The summed E-state index contributed by atoms with van der Waals surface area (Å²) in [7, 11) is -4.67. The van der Waals surface area contributed by atoms with Gasteiger partial charge in [0, 0.05) is 60.4 Å². The van der Waals surface area contributed by atoms with Crippen LogP contribution < -0.4 is 35.9 Å². The maximum Gasteiger partial charge on any atom is 0.394 e. The third-order valence-electron chi connectivity index (χ3n) is 16.8. The van der Waals surface area contributed by atoms with E-state index in [1.54, 1.807) is 38.0 Å². The van der Waals surface area contributed by atoms with E-state index in [4.69, 9.17) is 138 Å². The lowest BCUT2D eigenvalue weighted by atomic mass is 10.1. The number of pyridine rings is 4. The van der Waals surface area contributed by atoms with Crippen LogP contribution in [0.2, 0.25) is 20.1 Å². The molecule has 0 unspecified atom stereocenters. The Bertz CT molecular complexity index is 5350. The number of fused-ring (bicyclic) bond motifs is 4. The lowest BCUT2D eigenvalue weighted by Crippen LogP contribution is -2.19. The van der Waals surface area contributed by atoms with Crippen LogP contribution in [-0.4, -0.2) is 225 Å². The lowest BCUT2D eigenvalue weighted by Gasteiger charge is -2.14. The Morgan fingerprint density at radius 3 is 0.924 bits per heavy atom. The number of aliphatic carboxylic acids is 1. The van der Waals surface area contributed by atoms with E-state index in [2.05, 4.69) is 11.3 Å². The second-order valence-electron chi connectivity index (χ2n) is 25.7. The Hall–Kier alpha value is -10.2. The highest BCUT2D eigenvalue weighted by Crippen LogP contribution is 2.42. The highest BCUT2D eigenvalue weighted by Gasteiger charge is 2.32. The number of aromatic carboxylic acids is 4. The summed E-state index contributed by atoms with van der Waals surface area (Å²) in [5, 5.41) is 88.0. The molecule has 0 bridgehead atoms. The second kappa shape index (κ2) is 48.8. The molecular formula is C77H85Cl4FN6O30S. The number of aliphatic hydroxyl groups is 3. The van der Waals surface area contributed by atoms with Gasteiger partial charge in [-0.25, -0.2) is 23.6 Å². The van der Waals surface area contributed by atoms with Crippen LogP contribution in [0.3, 0.4) is 0 Å². The van der Waals surface area contributed by atoms with Crippen LogP contribution in [0.5, 0.6) is 17.2 Å². The molecule has 42 heteroatoms. The largest absolute Gasteiger partial charge is 0.490 e. The molecule has 4 aromatic carbocycles.